The summed E-state index contributed by atoms with van der Waals surface area (Å²) in [5, 5.41) is 0.636. The minimum absolute atomic E-state index is 0.312. The highest BCUT2D eigenvalue weighted by molar-refractivity contribution is 6.30. The standard InChI is InChI=1S/C11H10ClN3O/c1-16-10-9(14-6-15-11(10)13)7-3-2-4-8(12)5-7/h2-6H,1H3,(H2,13,14,15). The number of aromatic nitrogens is 2. The lowest BCUT2D eigenvalue weighted by atomic mass is 10.1. The quantitative estimate of drug-likeness (QED) is 0.868. The van der Waals surface area contributed by atoms with Crippen LogP contribution in [0.4, 0.5) is 5.82 Å². The van der Waals surface area contributed by atoms with E-state index in [1.54, 1.807) is 12.1 Å². The molecule has 0 spiro atoms. The molecule has 0 aliphatic heterocycles. The average molecular weight is 236 g/mol. The third-order valence-corrected chi connectivity index (χ3v) is 2.37. The fraction of sp³-hybridized carbons (Fsp3) is 0.0909. The highest BCUT2D eigenvalue weighted by Crippen LogP contribution is 2.32. The highest BCUT2D eigenvalue weighted by atomic mass is 35.5. The van der Waals surface area contributed by atoms with E-state index in [-0.39, 0.29) is 0 Å². The molecule has 82 valence electrons. The summed E-state index contributed by atoms with van der Waals surface area (Å²) < 4.78 is 5.18. The number of anilines is 1. The van der Waals surface area contributed by atoms with E-state index in [9.17, 15) is 0 Å². The van der Waals surface area contributed by atoms with Gasteiger partial charge in [-0.25, -0.2) is 9.97 Å². The molecule has 1 heterocycles. The maximum absolute atomic E-state index is 5.91. The van der Waals surface area contributed by atoms with Gasteiger partial charge in [0.2, 0.25) is 0 Å². The molecule has 16 heavy (non-hydrogen) atoms. The Hall–Kier alpha value is -1.81. The van der Waals surface area contributed by atoms with E-state index >= 15 is 0 Å². The molecule has 0 radical (unpaired) electrons. The zero-order valence-corrected chi connectivity index (χ0v) is 9.40. The summed E-state index contributed by atoms with van der Waals surface area (Å²) in [4.78, 5) is 8.01. The number of hydrogen-bond donors (Lipinski definition) is 1. The Bertz CT molecular complexity index is 516. The summed E-state index contributed by atoms with van der Waals surface area (Å²) in [6, 6.07) is 7.32. The Morgan fingerprint density at radius 2 is 2.12 bits per heavy atom. The molecule has 1 aromatic heterocycles. The van der Waals surface area contributed by atoms with Crippen molar-refractivity contribution in [1.82, 2.24) is 9.97 Å². The van der Waals surface area contributed by atoms with Crippen LogP contribution in [0.3, 0.4) is 0 Å². The fourth-order valence-electron chi connectivity index (χ4n) is 1.43. The number of nitrogen functional groups attached to an aromatic ring is 1. The van der Waals surface area contributed by atoms with Crippen LogP contribution in [0, 0.1) is 0 Å². The first-order chi connectivity index (χ1) is 7.72. The maximum atomic E-state index is 5.91. The average Bonchev–Trinajstić information content (AvgIpc) is 2.28. The Kier molecular flexibility index (Phi) is 2.92. The first-order valence-electron chi connectivity index (χ1n) is 4.63. The number of nitrogens with zero attached hydrogens (tertiary/aromatic N) is 2. The summed E-state index contributed by atoms with van der Waals surface area (Å²) in [6.07, 6.45) is 1.40. The third kappa shape index (κ3) is 1.92. The van der Waals surface area contributed by atoms with Gasteiger partial charge in [-0.2, -0.15) is 0 Å². The Morgan fingerprint density at radius 1 is 1.31 bits per heavy atom. The van der Waals surface area contributed by atoms with Gasteiger partial charge in [-0.05, 0) is 12.1 Å². The van der Waals surface area contributed by atoms with E-state index in [1.165, 1.54) is 13.4 Å². The van der Waals surface area contributed by atoms with Crippen LogP contribution in [0.1, 0.15) is 0 Å². The Morgan fingerprint density at radius 3 is 2.81 bits per heavy atom. The minimum Gasteiger partial charge on any atom is -0.491 e. The van der Waals surface area contributed by atoms with Crippen molar-refractivity contribution in [2.45, 2.75) is 0 Å². The van der Waals surface area contributed by atoms with Crippen LogP contribution in [0.5, 0.6) is 5.75 Å². The first kappa shape index (κ1) is 10.7. The summed E-state index contributed by atoms with van der Waals surface area (Å²) >= 11 is 5.91. The van der Waals surface area contributed by atoms with Crippen LogP contribution < -0.4 is 10.5 Å². The summed E-state index contributed by atoms with van der Waals surface area (Å²) in [5.41, 5.74) is 7.18. The van der Waals surface area contributed by atoms with Crippen LogP contribution in [0.25, 0.3) is 11.3 Å². The molecule has 0 aliphatic carbocycles. The molecule has 0 bridgehead atoms. The molecular weight excluding hydrogens is 226 g/mol. The number of hydrogen-bond acceptors (Lipinski definition) is 4. The van der Waals surface area contributed by atoms with E-state index in [4.69, 9.17) is 22.1 Å². The highest BCUT2D eigenvalue weighted by Gasteiger charge is 2.11. The van der Waals surface area contributed by atoms with Crippen LogP contribution in [0.2, 0.25) is 5.02 Å². The number of methoxy groups -OCH3 is 1. The first-order valence-corrected chi connectivity index (χ1v) is 5.00. The van der Waals surface area contributed by atoms with Gasteiger partial charge in [-0.3, -0.25) is 0 Å². The molecule has 0 saturated carbocycles. The van der Waals surface area contributed by atoms with E-state index < -0.39 is 0 Å². The molecule has 0 aliphatic rings. The van der Waals surface area contributed by atoms with Gasteiger partial charge in [0, 0.05) is 10.6 Å². The van der Waals surface area contributed by atoms with Crippen LogP contribution in [-0.2, 0) is 0 Å². The number of ether oxygens (including phenoxy) is 1. The zero-order chi connectivity index (χ0) is 11.5. The van der Waals surface area contributed by atoms with Gasteiger partial charge < -0.3 is 10.5 Å². The SMILES string of the molecule is COc1c(N)ncnc1-c1cccc(Cl)c1. The summed E-state index contributed by atoms with van der Waals surface area (Å²) in [7, 11) is 1.53. The second kappa shape index (κ2) is 4.37. The van der Waals surface area contributed by atoms with Gasteiger partial charge >= 0.3 is 0 Å². The smallest absolute Gasteiger partial charge is 0.187 e. The molecule has 0 amide bonds. The molecule has 4 nitrogen and oxygen atoms in total. The maximum Gasteiger partial charge on any atom is 0.187 e. The largest absolute Gasteiger partial charge is 0.491 e. The van der Waals surface area contributed by atoms with Gasteiger partial charge in [0.1, 0.15) is 12.0 Å². The van der Waals surface area contributed by atoms with E-state index in [0.29, 0.717) is 22.3 Å². The predicted octanol–water partition coefficient (Wildman–Crippen LogP) is 2.39. The summed E-state index contributed by atoms with van der Waals surface area (Å²) in [6.45, 7) is 0. The molecule has 2 N–H and O–H groups in total. The summed E-state index contributed by atoms with van der Waals surface area (Å²) in [5.74, 6) is 0.775. The van der Waals surface area contributed by atoms with E-state index in [0.717, 1.165) is 5.56 Å². The molecule has 0 unspecified atom stereocenters. The molecule has 0 saturated heterocycles. The fourth-order valence-corrected chi connectivity index (χ4v) is 1.62. The molecule has 1 aromatic carbocycles. The van der Waals surface area contributed by atoms with Gasteiger partial charge in [0.05, 0.1) is 7.11 Å². The monoisotopic (exact) mass is 235 g/mol. The molecule has 5 heteroatoms. The zero-order valence-electron chi connectivity index (χ0n) is 8.64. The normalized spacial score (nSPS) is 10.1. The second-order valence-electron chi connectivity index (χ2n) is 3.15. The number of halogens is 1. The van der Waals surface area contributed by atoms with Crippen molar-refractivity contribution in [3.05, 3.63) is 35.6 Å². The minimum atomic E-state index is 0.312. The van der Waals surface area contributed by atoms with E-state index in [2.05, 4.69) is 9.97 Å². The van der Waals surface area contributed by atoms with Crippen molar-refractivity contribution in [3.63, 3.8) is 0 Å². The number of rotatable bonds is 2. The van der Waals surface area contributed by atoms with E-state index in [1.807, 2.05) is 12.1 Å². The Balaban J connectivity index is 2.60. The van der Waals surface area contributed by atoms with Crippen LogP contribution >= 0.6 is 11.6 Å². The molecule has 2 aromatic rings. The van der Waals surface area contributed by atoms with Crippen molar-refractivity contribution in [2.24, 2.45) is 0 Å². The van der Waals surface area contributed by atoms with Gasteiger partial charge in [0.25, 0.3) is 0 Å². The lowest BCUT2D eigenvalue weighted by molar-refractivity contribution is 0.415. The molecule has 0 atom stereocenters. The second-order valence-corrected chi connectivity index (χ2v) is 3.59. The van der Waals surface area contributed by atoms with Crippen molar-refractivity contribution in [1.29, 1.82) is 0 Å². The van der Waals surface area contributed by atoms with Crippen molar-refractivity contribution in [2.75, 3.05) is 12.8 Å². The Labute approximate surface area is 98.0 Å². The third-order valence-electron chi connectivity index (χ3n) is 2.13. The lowest BCUT2D eigenvalue weighted by Crippen LogP contribution is -1.99. The predicted molar refractivity (Wildman–Crippen MR) is 63.4 cm³/mol. The van der Waals surface area contributed by atoms with Gasteiger partial charge in [0.15, 0.2) is 11.6 Å². The van der Waals surface area contributed by atoms with Crippen molar-refractivity contribution in [3.8, 4) is 17.0 Å². The lowest BCUT2D eigenvalue weighted by Gasteiger charge is -2.08. The number of nitrogens with two attached hydrogens (primary N) is 1. The topological polar surface area (TPSA) is 61.0 Å². The van der Waals surface area contributed by atoms with Gasteiger partial charge in [-0.15, -0.1) is 0 Å². The van der Waals surface area contributed by atoms with Crippen LogP contribution in [-0.4, -0.2) is 17.1 Å². The van der Waals surface area contributed by atoms with Crippen molar-refractivity contribution >= 4 is 17.4 Å². The van der Waals surface area contributed by atoms with Crippen LogP contribution in [0.15, 0.2) is 30.6 Å². The molecule has 2 rings (SSSR count). The van der Waals surface area contributed by atoms with Gasteiger partial charge in [-0.1, -0.05) is 23.7 Å². The molecular formula is C11H10ClN3O. The molecule has 0 fully saturated rings. The van der Waals surface area contributed by atoms with Crippen molar-refractivity contribution < 1.29 is 4.74 Å². The number of benzene rings is 1.